The van der Waals surface area contributed by atoms with E-state index >= 15 is 0 Å². The van der Waals surface area contributed by atoms with Crippen LogP contribution >= 0.6 is 0 Å². The van der Waals surface area contributed by atoms with Gasteiger partial charge >= 0.3 is 0 Å². The average Bonchev–Trinajstić information content (AvgIpc) is 2.35. The van der Waals surface area contributed by atoms with Gasteiger partial charge in [0, 0.05) is 13.2 Å². The summed E-state index contributed by atoms with van der Waals surface area (Å²) >= 11 is 0. The predicted molar refractivity (Wildman–Crippen MR) is 52.8 cm³/mol. The SMILES string of the molecule is C1CCOC1.CC(C)=O.CC(C)=O. The van der Waals surface area contributed by atoms with Gasteiger partial charge in [-0.05, 0) is 40.5 Å². The molecule has 3 nitrogen and oxygen atoms in total. The third kappa shape index (κ3) is 52.9. The Bertz CT molecular complexity index is 109. The smallest absolute Gasteiger partial charge is 0.126 e. The lowest BCUT2D eigenvalue weighted by Crippen LogP contribution is -1.74. The van der Waals surface area contributed by atoms with Crippen molar-refractivity contribution < 1.29 is 14.3 Å². The molecule has 1 rings (SSSR count). The minimum Gasteiger partial charge on any atom is -0.381 e. The van der Waals surface area contributed by atoms with Crippen LogP contribution in [0.4, 0.5) is 0 Å². The highest BCUT2D eigenvalue weighted by Crippen LogP contribution is 1.98. The average molecular weight is 188 g/mol. The van der Waals surface area contributed by atoms with E-state index < -0.39 is 0 Å². The zero-order valence-corrected chi connectivity index (χ0v) is 9.05. The summed E-state index contributed by atoms with van der Waals surface area (Å²) in [5.41, 5.74) is 0. The van der Waals surface area contributed by atoms with Gasteiger partial charge in [-0.15, -0.1) is 0 Å². The first-order chi connectivity index (χ1) is 5.96. The van der Waals surface area contributed by atoms with Gasteiger partial charge in [-0.3, -0.25) is 0 Å². The molecule has 1 saturated heterocycles. The van der Waals surface area contributed by atoms with E-state index in [1.165, 1.54) is 40.5 Å². The zero-order chi connectivity index (χ0) is 10.7. The second-order valence-electron chi connectivity index (χ2n) is 3.14. The molecule has 0 aromatic rings. The largest absolute Gasteiger partial charge is 0.381 e. The highest BCUT2D eigenvalue weighted by Gasteiger charge is 1.94. The Kier molecular flexibility index (Phi) is 12.9. The normalized spacial score (nSPS) is 13.2. The summed E-state index contributed by atoms with van der Waals surface area (Å²) in [6.07, 6.45) is 2.56. The summed E-state index contributed by atoms with van der Waals surface area (Å²) in [6.45, 7) is 8.11. The number of rotatable bonds is 0. The monoisotopic (exact) mass is 188 g/mol. The number of Topliss-reactive ketones (excluding diaryl/α,β-unsaturated/α-hetero) is 2. The van der Waals surface area contributed by atoms with Crippen LogP contribution in [-0.4, -0.2) is 24.8 Å². The summed E-state index contributed by atoms with van der Waals surface area (Å²) in [6, 6.07) is 0. The first-order valence-corrected chi connectivity index (χ1v) is 4.49. The van der Waals surface area contributed by atoms with Gasteiger partial charge in [0.2, 0.25) is 0 Å². The van der Waals surface area contributed by atoms with Crippen molar-refractivity contribution in [2.75, 3.05) is 13.2 Å². The molecule has 0 aromatic heterocycles. The molecule has 0 N–H and O–H groups in total. The standard InChI is InChI=1S/C4H8O.2C3H6O/c1-2-4-5-3-1;2*1-3(2)4/h1-4H2;2*1-2H3. The van der Waals surface area contributed by atoms with Crippen molar-refractivity contribution in [1.29, 1.82) is 0 Å². The van der Waals surface area contributed by atoms with E-state index in [0.717, 1.165) is 13.2 Å². The Morgan fingerprint density at radius 3 is 1.15 bits per heavy atom. The molecule has 0 radical (unpaired) electrons. The molecule has 0 spiro atoms. The fraction of sp³-hybridized carbons (Fsp3) is 0.800. The van der Waals surface area contributed by atoms with Gasteiger partial charge in [0.05, 0.1) is 0 Å². The van der Waals surface area contributed by atoms with E-state index in [1.54, 1.807) is 0 Å². The first-order valence-electron chi connectivity index (χ1n) is 4.49. The minimum atomic E-state index is 0.167. The van der Waals surface area contributed by atoms with Crippen LogP contribution in [0.1, 0.15) is 40.5 Å². The zero-order valence-electron chi connectivity index (χ0n) is 9.05. The number of hydrogen-bond donors (Lipinski definition) is 0. The molecule has 0 aliphatic carbocycles. The Balaban J connectivity index is 0. The van der Waals surface area contributed by atoms with Gasteiger partial charge in [0.15, 0.2) is 0 Å². The minimum absolute atomic E-state index is 0.167. The van der Waals surface area contributed by atoms with E-state index in [0.29, 0.717) is 0 Å². The number of carbonyl (C=O) groups is 2. The lowest BCUT2D eigenvalue weighted by molar-refractivity contribution is -0.115. The maximum Gasteiger partial charge on any atom is 0.126 e. The molecule has 78 valence electrons. The second kappa shape index (κ2) is 11.3. The van der Waals surface area contributed by atoms with Crippen LogP contribution in [0.5, 0.6) is 0 Å². The number of ether oxygens (including phenoxy) is 1. The maximum atomic E-state index is 9.44. The topological polar surface area (TPSA) is 43.4 Å². The molecule has 0 atom stereocenters. The van der Waals surface area contributed by atoms with Crippen LogP contribution in [0.25, 0.3) is 0 Å². The first kappa shape index (κ1) is 14.8. The van der Waals surface area contributed by atoms with Crippen molar-refractivity contribution in [1.82, 2.24) is 0 Å². The lowest BCUT2D eigenvalue weighted by atomic mass is 10.4. The highest BCUT2D eigenvalue weighted by atomic mass is 16.5. The summed E-state index contributed by atoms with van der Waals surface area (Å²) in [7, 11) is 0. The Morgan fingerprint density at radius 2 is 1.08 bits per heavy atom. The number of ketones is 2. The van der Waals surface area contributed by atoms with Crippen LogP contribution in [0.15, 0.2) is 0 Å². The quantitative estimate of drug-likeness (QED) is 0.584. The van der Waals surface area contributed by atoms with E-state index in [9.17, 15) is 9.59 Å². The van der Waals surface area contributed by atoms with E-state index in [4.69, 9.17) is 4.74 Å². The second-order valence-corrected chi connectivity index (χ2v) is 3.14. The van der Waals surface area contributed by atoms with Gasteiger partial charge in [-0.1, -0.05) is 0 Å². The summed E-state index contributed by atoms with van der Waals surface area (Å²) in [5, 5.41) is 0. The molecule has 1 heterocycles. The molecule has 1 aliphatic heterocycles. The van der Waals surface area contributed by atoms with E-state index in [1.807, 2.05) is 0 Å². The van der Waals surface area contributed by atoms with Crippen LogP contribution in [0, 0.1) is 0 Å². The van der Waals surface area contributed by atoms with E-state index in [-0.39, 0.29) is 11.6 Å². The van der Waals surface area contributed by atoms with Crippen LogP contribution in [-0.2, 0) is 14.3 Å². The Labute approximate surface area is 80.5 Å². The summed E-state index contributed by atoms with van der Waals surface area (Å²) in [4.78, 5) is 18.9. The van der Waals surface area contributed by atoms with Crippen LogP contribution in [0.3, 0.4) is 0 Å². The van der Waals surface area contributed by atoms with Crippen LogP contribution < -0.4 is 0 Å². The van der Waals surface area contributed by atoms with Crippen molar-refractivity contribution in [2.45, 2.75) is 40.5 Å². The lowest BCUT2D eigenvalue weighted by Gasteiger charge is -1.76. The molecule has 0 bridgehead atoms. The molecular weight excluding hydrogens is 168 g/mol. The molecule has 0 unspecified atom stereocenters. The molecule has 0 saturated carbocycles. The van der Waals surface area contributed by atoms with Crippen LogP contribution in [0.2, 0.25) is 0 Å². The molecule has 3 heteroatoms. The van der Waals surface area contributed by atoms with Gasteiger partial charge in [-0.2, -0.15) is 0 Å². The number of carbonyl (C=O) groups excluding carboxylic acids is 2. The number of hydrogen-bond acceptors (Lipinski definition) is 3. The maximum absolute atomic E-state index is 9.44. The van der Waals surface area contributed by atoms with Gasteiger partial charge in [0.25, 0.3) is 0 Å². The molecule has 1 aliphatic rings. The third-order valence-corrected chi connectivity index (χ3v) is 0.827. The molecule has 13 heavy (non-hydrogen) atoms. The molecule has 0 amide bonds. The van der Waals surface area contributed by atoms with Crippen molar-refractivity contribution in [2.24, 2.45) is 0 Å². The predicted octanol–water partition coefficient (Wildman–Crippen LogP) is 1.99. The molecular formula is C10H20O3. The molecule has 1 fully saturated rings. The van der Waals surface area contributed by atoms with Gasteiger partial charge in [-0.25, -0.2) is 0 Å². The van der Waals surface area contributed by atoms with Gasteiger partial charge in [0.1, 0.15) is 11.6 Å². The summed E-state index contributed by atoms with van der Waals surface area (Å²) in [5.74, 6) is 0.333. The molecule has 0 aromatic carbocycles. The van der Waals surface area contributed by atoms with Crippen molar-refractivity contribution in [3.8, 4) is 0 Å². The Hall–Kier alpha value is -0.700. The fourth-order valence-corrected chi connectivity index (χ4v) is 0.510. The summed E-state index contributed by atoms with van der Waals surface area (Å²) < 4.78 is 4.94. The van der Waals surface area contributed by atoms with Gasteiger partial charge < -0.3 is 14.3 Å². The fourth-order valence-electron chi connectivity index (χ4n) is 0.510. The highest BCUT2D eigenvalue weighted by molar-refractivity contribution is 5.72. The third-order valence-electron chi connectivity index (χ3n) is 0.827. The van der Waals surface area contributed by atoms with E-state index in [2.05, 4.69) is 0 Å². The Morgan fingerprint density at radius 1 is 0.846 bits per heavy atom. The van der Waals surface area contributed by atoms with Crippen molar-refractivity contribution in [3.05, 3.63) is 0 Å². The van der Waals surface area contributed by atoms with Crippen molar-refractivity contribution in [3.63, 3.8) is 0 Å². The van der Waals surface area contributed by atoms with Crippen molar-refractivity contribution >= 4 is 11.6 Å².